The molecule has 2 atom stereocenters. The summed E-state index contributed by atoms with van der Waals surface area (Å²) < 4.78 is 0. The summed E-state index contributed by atoms with van der Waals surface area (Å²) in [4.78, 5) is 24.5. The molecule has 0 aliphatic heterocycles. The number of hydrogen-bond acceptors (Lipinski definition) is 4. The van der Waals surface area contributed by atoms with Crippen LogP contribution in [-0.4, -0.2) is 47.3 Å². The summed E-state index contributed by atoms with van der Waals surface area (Å²) in [5, 5.41) is 26.1. The van der Waals surface area contributed by atoms with Crippen LogP contribution in [0.3, 0.4) is 0 Å². The lowest BCUT2D eigenvalue weighted by Crippen LogP contribution is -2.36. The second-order valence-corrected chi connectivity index (χ2v) is 18.3. The van der Waals surface area contributed by atoms with Gasteiger partial charge in [-0.2, -0.15) is 0 Å². The van der Waals surface area contributed by atoms with Crippen molar-refractivity contribution >= 4 is 11.8 Å². The Morgan fingerprint density at radius 1 is 0.293 bits per heavy atom. The summed E-state index contributed by atoms with van der Waals surface area (Å²) in [5.41, 5.74) is 0. The molecule has 0 spiro atoms. The van der Waals surface area contributed by atoms with E-state index in [1.165, 1.54) is 231 Å². The summed E-state index contributed by atoms with van der Waals surface area (Å²) in [6.07, 6.45) is 54.4. The molecule has 6 heteroatoms. The van der Waals surface area contributed by atoms with Gasteiger partial charge in [-0.25, -0.2) is 0 Å². The highest BCUT2D eigenvalue weighted by Gasteiger charge is 2.15. The molecule has 0 fully saturated rings. The summed E-state index contributed by atoms with van der Waals surface area (Å²) >= 11 is 0. The van der Waals surface area contributed by atoms with Crippen LogP contribution in [0.4, 0.5) is 0 Å². The second-order valence-electron chi connectivity index (χ2n) is 18.3. The van der Waals surface area contributed by atoms with Crippen molar-refractivity contribution in [2.24, 2.45) is 0 Å². The molecule has 0 bridgehead atoms. The predicted molar refractivity (Wildman–Crippen MR) is 253 cm³/mol. The first kappa shape index (κ1) is 56.9. The summed E-state index contributed by atoms with van der Waals surface area (Å²) in [5.74, 6) is -0.570. The third-order valence-electron chi connectivity index (χ3n) is 12.5. The highest BCUT2D eigenvalue weighted by atomic mass is 16.3. The molecule has 0 radical (unpaired) electrons. The first-order chi connectivity index (χ1) is 28.5. The van der Waals surface area contributed by atoms with Crippen molar-refractivity contribution in [1.82, 2.24) is 10.6 Å². The Labute approximate surface area is 362 Å². The normalized spacial score (nSPS) is 12.6. The Balaban J connectivity index is 3.41. The van der Waals surface area contributed by atoms with Gasteiger partial charge >= 0.3 is 0 Å². The maximum atomic E-state index is 12.3. The van der Waals surface area contributed by atoms with E-state index in [4.69, 9.17) is 0 Å². The van der Waals surface area contributed by atoms with Crippen LogP contribution in [-0.2, 0) is 9.59 Å². The maximum absolute atomic E-state index is 12.3. The van der Waals surface area contributed by atoms with E-state index in [0.717, 1.165) is 38.5 Å². The van der Waals surface area contributed by atoms with Crippen molar-refractivity contribution in [3.63, 3.8) is 0 Å². The van der Waals surface area contributed by atoms with Crippen molar-refractivity contribution in [1.29, 1.82) is 0 Å². The molecule has 2 unspecified atom stereocenters. The van der Waals surface area contributed by atoms with Gasteiger partial charge in [0.05, 0.1) is 0 Å². The number of carbonyl (C=O) groups is 2. The Bertz CT molecular complexity index is 757. The smallest absolute Gasteiger partial charge is 0.248 e. The van der Waals surface area contributed by atoms with Crippen LogP contribution in [0, 0.1) is 0 Å². The molecule has 4 N–H and O–H groups in total. The standard InChI is InChI=1S/C52H104N2O4/c1-3-5-7-9-11-13-15-17-19-21-23-25-27-29-31-33-35-37-39-41-45-49(55)51(57)53-47-43-44-48-54-52(58)50(56)46-42-40-38-36-34-32-30-28-26-24-22-20-18-16-14-12-10-8-6-4-2/h49-50,55-56H,3-48H2,1-2H3,(H,53,57)(H,54,58). The zero-order chi connectivity index (χ0) is 42.3. The number of hydrogen-bond donors (Lipinski definition) is 4. The SMILES string of the molecule is CCCCCCCCCCCCCCCCCCCCCCC(O)C(=O)NCCCCNC(=O)C(O)CCCCCCCCCCCCCCCCCCCCCC. The predicted octanol–water partition coefficient (Wildman–Crippen LogP) is 15.1. The number of nitrogens with one attached hydrogen (secondary N) is 2. The molecule has 0 saturated carbocycles. The van der Waals surface area contributed by atoms with Crippen LogP contribution < -0.4 is 10.6 Å². The first-order valence-corrected chi connectivity index (χ1v) is 26.4. The van der Waals surface area contributed by atoms with Crippen LogP contribution in [0.25, 0.3) is 0 Å². The third kappa shape index (κ3) is 44.4. The molecule has 2 amide bonds. The van der Waals surface area contributed by atoms with Crippen molar-refractivity contribution in [2.75, 3.05) is 13.1 Å². The maximum Gasteiger partial charge on any atom is 0.248 e. The Morgan fingerprint density at radius 3 is 0.655 bits per heavy atom. The number of amides is 2. The van der Waals surface area contributed by atoms with Crippen molar-refractivity contribution in [2.45, 2.75) is 309 Å². The van der Waals surface area contributed by atoms with Crippen LogP contribution in [0.1, 0.15) is 296 Å². The van der Waals surface area contributed by atoms with Crippen LogP contribution in [0.5, 0.6) is 0 Å². The largest absolute Gasteiger partial charge is 0.383 e. The fraction of sp³-hybridized carbons (Fsp3) is 0.962. The monoisotopic (exact) mass is 821 g/mol. The summed E-state index contributed by atoms with van der Waals surface area (Å²) in [6.45, 7) is 5.56. The van der Waals surface area contributed by atoms with E-state index >= 15 is 0 Å². The van der Waals surface area contributed by atoms with Gasteiger partial charge in [0.1, 0.15) is 12.2 Å². The molecule has 6 nitrogen and oxygen atoms in total. The molecule has 0 aliphatic carbocycles. The van der Waals surface area contributed by atoms with E-state index in [-0.39, 0.29) is 11.8 Å². The molecule has 0 heterocycles. The van der Waals surface area contributed by atoms with E-state index in [1.807, 2.05) is 0 Å². The number of rotatable bonds is 49. The quantitative estimate of drug-likeness (QED) is 0.0459. The van der Waals surface area contributed by atoms with Gasteiger partial charge in [-0.1, -0.05) is 271 Å². The minimum atomic E-state index is -0.931. The van der Waals surface area contributed by atoms with Crippen molar-refractivity contribution in [3.05, 3.63) is 0 Å². The minimum absolute atomic E-state index is 0.285. The number of aliphatic hydroxyl groups is 2. The van der Waals surface area contributed by atoms with Gasteiger partial charge in [0.2, 0.25) is 11.8 Å². The molecule has 0 aromatic heterocycles. The molecule has 0 aliphatic rings. The van der Waals surface area contributed by atoms with Crippen molar-refractivity contribution in [3.8, 4) is 0 Å². The van der Waals surface area contributed by atoms with Crippen LogP contribution in [0.2, 0.25) is 0 Å². The molecule has 58 heavy (non-hydrogen) atoms. The topological polar surface area (TPSA) is 98.7 Å². The summed E-state index contributed by atoms with van der Waals surface area (Å²) in [6, 6.07) is 0. The van der Waals surface area contributed by atoms with Gasteiger partial charge in [0, 0.05) is 13.1 Å². The van der Waals surface area contributed by atoms with Gasteiger partial charge in [-0.05, 0) is 25.7 Å². The van der Waals surface area contributed by atoms with E-state index in [1.54, 1.807) is 0 Å². The molecular formula is C52H104N2O4. The fourth-order valence-corrected chi connectivity index (χ4v) is 8.36. The third-order valence-corrected chi connectivity index (χ3v) is 12.5. The zero-order valence-electron chi connectivity index (χ0n) is 39.4. The number of unbranched alkanes of at least 4 members (excludes halogenated alkanes) is 39. The van der Waals surface area contributed by atoms with Gasteiger partial charge in [0.25, 0.3) is 0 Å². The lowest BCUT2D eigenvalue weighted by atomic mass is 10.0. The highest BCUT2D eigenvalue weighted by molar-refractivity contribution is 5.80. The van der Waals surface area contributed by atoms with Crippen LogP contribution in [0.15, 0.2) is 0 Å². The second kappa shape index (κ2) is 48.5. The molecule has 0 aromatic carbocycles. The average molecular weight is 821 g/mol. The van der Waals surface area contributed by atoms with Crippen LogP contribution >= 0.6 is 0 Å². The molecule has 0 rings (SSSR count). The molecular weight excluding hydrogens is 717 g/mol. The van der Waals surface area contributed by atoms with Gasteiger partial charge in [-0.15, -0.1) is 0 Å². The van der Waals surface area contributed by atoms with Gasteiger partial charge in [-0.3, -0.25) is 9.59 Å². The van der Waals surface area contributed by atoms with Crippen molar-refractivity contribution < 1.29 is 19.8 Å². The first-order valence-electron chi connectivity index (χ1n) is 26.4. The molecule has 0 saturated heterocycles. The van der Waals surface area contributed by atoms with Gasteiger partial charge in [0.15, 0.2) is 0 Å². The Kier molecular flexibility index (Phi) is 47.6. The van der Waals surface area contributed by atoms with E-state index in [2.05, 4.69) is 24.5 Å². The summed E-state index contributed by atoms with van der Waals surface area (Å²) in [7, 11) is 0. The Hall–Kier alpha value is -1.14. The van der Waals surface area contributed by atoms with E-state index < -0.39 is 12.2 Å². The average Bonchev–Trinajstić information content (AvgIpc) is 3.23. The highest BCUT2D eigenvalue weighted by Crippen LogP contribution is 2.17. The zero-order valence-corrected chi connectivity index (χ0v) is 39.4. The van der Waals surface area contributed by atoms with E-state index in [9.17, 15) is 19.8 Å². The van der Waals surface area contributed by atoms with Gasteiger partial charge < -0.3 is 20.8 Å². The lowest BCUT2D eigenvalue weighted by molar-refractivity contribution is -0.130. The fourth-order valence-electron chi connectivity index (χ4n) is 8.36. The molecule has 0 aromatic rings. The number of carbonyl (C=O) groups excluding carboxylic acids is 2. The number of aliphatic hydroxyl groups excluding tert-OH is 2. The minimum Gasteiger partial charge on any atom is -0.383 e. The lowest BCUT2D eigenvalue weighted by Gasteiger charge is -2.13. The molecule has 346 valence electrons. The Morgan fingerprint density at radius 2 is 0.466 bits per heavy atom. The van der Waals surface area contributed by atoms with E-state index in [0.29, 0.717) is 25.9 Å².